The van der Waals surface area contributed by atoms with Gasteiger partial charge in [0.15, 0.2) is 6.29 Å². The van der Waals surface area contributed by atoms with Crippen LogP contribution < -0.4 is 0 Å². The third kappa shape index (κ3) is 8.31. The zero-order valence-corrected chi connectivity index (χ0v) is 21.4. The summed E-state index contributed by atoms with van der Waals surface area (Å²) >= 11 is 0. The summed E-state index contributed by atoms with van der Waals surface area (Å²) in [7, 11) is 0. The standard InChI is InChI=1S/C25H36O12/c1-6-34-10-7-23(20(28)29)13-24(21(30)31,8-11-35-18(5)37-17(4)26)15-25(14-23,22(32)33)9-12-36-19(27)16(2)3/h6,18H,1-2,7-15H2,3-5H3,(H,28,29)(H,30,31)(H,32,33). The van der Waals surface area contributed by atoms with Crippen molar-refractivity contribution >= 4 is 29.8 Å². The molecule has 4 atom stereocenters. The molecule has 1 aliphatic rings. The topological polar surface area (TPSA) is 183 Å². The van der Waals surface area contributed by atoms with Crippen LogP contribution >= 0.6 is 0 Å². The second-order valence-corrected chi connectivity index (χ2v) is 9.54. The molecule has 0 aromatic carbocycles. The minimum Gasteiger partial charge on any atom is -0.502 e. The van der Waals surface area contributed by atoms with E-state index in [-0.39, 0.29) is 44.7 Å². The van der Waals surface area contributed by atoms with Gasteiger partial charge in [-0.2, -0.15) is 0 Å². The predicted molar refractivity (Wildman–Crippen MR) is 127 cm³/mol. The van der Waals surface area contributed by atoms with Crippen molar-refractivity contribution in [1.82, 2.24) is 0 Å². The molecule has 12 nitrogen and oxygen atoms in total. The minimum atomic E-state index is -1.86. The lowest BCUT2D eigenvalue weighted by molar-refractivity contribution is -0.190. The van der Waals surface area contributed by atoms with E-state index in [4.69, 9.17) is 18.9 Å². The molecule has 0 spiro atoms. The number of hydrogen-bond acceptors (Lipinski definition) is 9. The van der Waals surface area contributed by atoms with Gasteiger partial charge in [0, 0.05) is 12.5 Å². The smallest absolute Gasteiger partial charge is 0.333 e. The van der Waals surface area contributed by atoms with Crippen molar-refractivity contribution in [2.24, 2.45) is 16.2 Å². The van der Waals surface area contributed by atoms with Crippen molar-refractivity contribution in [3.8, 4) is 0 Å². The van der Waals surface area contributed by atoms with E-state index < -0.39 is 71.6 Å². The monoisotopic (exact) mass is 528 g/mol. The van der Waals surface area contributed by atoms with Crippen molar-refractivity contribution < 1.29 is 58.2 Å². The zero-order valence-electron chi connectivity index (χ0n) is 21.4. The normalized spacial score (nSPS) is 25.8. The Balaban J connectivity index is 3.47. The summed E-state index contributed by atoms with van der Waals surface area (Å²) in [5.41, 5.74) is -5.40. The Bertz CT molecular complexity index is 911. The van der Waals surface area contributed by atoms with Crippen molar-refractivity contribution in [3.05, 3.63) is 25.0 Å². The second-order valence-electron chi connectivity index (χ2n) is 9.54. The van der Waals surface area contributed by atoms with E-state index in [1.165, 1.54) is 20.8 Å². The first-order valence-electron chi connectivity index (χ1n) is 11.7. The highest BCUT2D eigenvalue weighted by atomic mass is 16.7. The molecular weight excluding hydrogens is 492 g/mol. The van der Waals surface area contributed by atoms with Crippen LogP contribution in [-0.4, -0.2) is 71.3 Å². The average molecular weight is 529 g/mol. The molecule has 208 valence electrons. The molecule has 1 aliphatic carbocycles. The van der Waals surface area contributed by atoms with Gasteiger partial charge in [-0.15, -0.1) is 0 Å². The Morgan fingerprint density at radius 1 is 0.838 bits per heavy atom. The third-order valence-electron chi connectivity index (χ3n) is 6.64. The first-order valence-corrected chi connectivity index (χ1v) is 11.7. The molecule has 3 N–H and O–H groups in total. The van der Waals surface area contributed by atoms with Crippen LogP contribution in [0.5, 0.6) is 0 Å². The van der Waals surface area contributed by atoms with Gasteiger partial charge in [-0.25, -0.2) is 4.79 Å². The van der Waals surface area contributed by atoms with Crippen LogP contribution in [0, 0.1) is 16.2 Å². The SMILES string of the molecule is C=COCCC1(C(=O)O)CC(CCOC(=O)C(=C)C)(C(=O)O)CC(CCOC(C)OC(C)=O)(C(=O)O)C1. The molecule has 1 saturated carbocycles. The maximum absolute atomic E-state index is 12.7. The number of aliphatic carboxylic acids is 3. The number of ether oxygens (including phenoxy) is 4. The number of carbonyl (C=O) groups is 5. The van der Waals surface area contributed by atoms with Gasteiger partial charge in [0.2, 0.25) is 0 Å². The minimum absolute atomic E-state index is 0.0911. The zero-order chi connectivity index (χ0) is 28.4. The summed E-state index contributed by atoms with van der Waals surface area (Å²) in [5, 5.41) is 30.9. The molecule has 37 heavy (non-hydrogen) atoms. The molecule has 0 heterocycles. The van der Waals surface area contributed by atoms with Crippen molar-refractivity contribution in [2.75, 3.05) is 19.8 Å². The van der Waals surface area contributed by atoms with E-state index in [1.54, 1.807) is 0 Å². The lowest BCUT2D eigenvalue weighted by atomic mass is 9.50. The van der Waals surface area contributed by atoms with E-state index in [0.29, 0.717) is 0 Å². The fourth-order valence-electron chi connectivity index (χ4n) is 4.92. The van der Waals surface area contributed by atoms with Gasteiger partial charge in [0.1, 0.15) is 0 Å². The van der Waals surface area contributed by atoms with Gasteiger partial charge in [-0.1, -0.05) is 13.2 Å². The van der Waals surface area contributed by atoms with Gasteiger partial charge >= 0.3 is 29.8 Å². The van der Waals surface area contributed by atoms with E-state index in [2.05, 4.69) is 13.2 Å². The van der Waals surface area contributed by atoms with Crippen LogP contribution in [0.25, 0.3) is 0 Å². The molecular formula is C25H36O12. The Morgan fingerprint density at radius 3 is 1.65 bits per heavy atom. The highest BCUT2D eigenvalue weighted by Crippen LogP contribution is 2.59. The van der Waals surface area contributed by atoms with Crippen LogP contribution in [0.2, 0.25) is 0 Å². The average Bonchev–Trinajstić information content (AvgIpc) is 2.78. The molecule has 4 unspecified atom stereocenters. The highest BCUT2D eigenvalue weighted by Gasteiger charge is 2.63. The molecule has 0 aliphatic heterocycles. The summed E-state index contributed by atoms with van der Waals surface area (Å²) in [6, 6.07) is 0. The Kier molecular flexibility index (Phi) is 11.3. The van der Waals surface area contributed by atoms with Crippen molar-refractivity contribution in [1.29, 1.82) is 0 Å². The number of rotatable bonds is 16. The first-order chi connectivity index (χ1) is 17.1. The van der Waals surface area contributed by atoms with Gasteiger partial charge in [0.05, 0.1) is 42.3 Å². The molecule has 0 bridgehead atoms. The van der Waals surface area contributed by atoms with E-state index in [9.17, 15) is 39.3 Å². The third-order valence-corrected chi connectivity index (χ3v) is 6.64. The van der Waals surface area contributed by atoms with Crippen LogP contribution in [0.3, 0.4) is 0 Å². The van der Waals surface area contributed by atoms with Crippen LogP contribution in [0.1, 0.15) is 59.3 Å². The number of esters is 2. The van der Waals surface area contributed by atoms with Gasteiger partial charge in [-0.05, 0) is 52.4 Å². The lowest BCUT2D eigenvalue weighted by Crippen LogP contribution is -2.56. The Hall–Kier alpha value is -3.41. The molecule has 0 aromatic heterocycles. The van der Waals surface area contributed by atoms with Gasteiger partial charge in [0.25, 0.3) is 0 Å². The van der Waals surface area contributed by atoms with E-state index in [1.807, 2.05) is 0 Å². The maximum Gasteiger partial charge on any atom is 0.333 e. The number of carbonyl (C=O) groups excluding carboxylic acids is 2. The van der Waals surface area contributed by atoms with E-state index >= 15 is 0 Å². The van der Waals surface area contributed by atoms with Gasteiger partial charge < -0.3 is 34.3 Å². The molecule has 0 amide bonds. The number of hydrogen-bond donors (Lipinski definition) is 3. The first kappa shape index (κ1) is 31.6. The second kappa shape index (κ2) is 13.2. The van der Waals surface area contributed by atoms with Crippen molar-refractivity contribution in [2.45, 2.75) is 65.6 Å². The summed E-state index contributed by atoms with van der Waals surface area (Å²) in [6.45, 7) is 10.1. The summed E-state index contributed by atoms with van der Waals surface area (Å²) < 4.78 is 20.5. The summed E-state index contributed by atoms with van der Waals surface area (Å²) in [4.78, 5) is 60.9. The quantitative estimate of drug-likeness (QED) is 0.0876. The maximum atomic E-state index is 12.7. The Morgan fingerprint density at radius 2 is 1.27 bits per heavy atom. The van der Waals surface area contributed by atoms with Crippen LogP contribution in [-0.2, 0) is 42.9 Å². The van der Waals surface area contributed by atoms with Crippen LogP contribution in [0.15, 0.2) is 25.0 Å². The van der Waals surface area contributed by atoms with Crippen molar-refractivity contribution in [3.63, 3.8) is 0 Å². The molecule has 1 rings (SSSR count). The molecule has 0 aromatic rings. The molecule has 1 fully saturated rings. The van der Waals surface area contributed by atoms with Gasteiger partial charge in [-0.3, -0.25) is 19.2 Å². The summed E-state index contributed by atoms with van der Waals surface area (Å²) in [6.07, 6.45) is -1.89. The van der Waals surface area contributed by atoms with E-state index in [0.717, 1.165) is 6.26 Å². The molecule has 12 heteroatoms. The molecule has 0 radical (unpaired) electrons. The predicted octanol–water partition coefficient (Wildman–Crippen LogP) is 2.76. The Labute approximate surface area is 215 Å². The molecule has 0 saturated heterocycles. The largest absolute Gasteiger partial charge is 0.502 e. The highest BCUT2D eigenvalue weighted by molar-refractivity contribution is 5.87. The number of carboxylic acid groups (broad SMARTS) is 3. The fourth-order valence-corrected chi connectivity index (χ4v) is 4.92. The fraction of sp³-hybridized carbons (Fsp3) is 0.640. The number of carboxylic acids is 3. The van der Waals surface area contributed by atoms with Crippen LogP contribution in [0.4, 0.5) is 0 Å². The summed E-state index contributed by atoms with van der Waals surface area (Å²) in [5.74, 6) is -5.54. The lowest BCUT2D eigenvalue weighted by Gasteiger charge is -2.51.